The maximum atomic E-state index is 12.5. The highest BCUT2D eigenvalue weighted by atomic mass is 35.5. The van der Waals surface area contributed by atoms with Crippen molar-refractivity contribution in [1.29, 1.82) is 0 Å². The molecule has 0 radical (unpaired) electrons. The van der Waals surface area contributed by atoms with E-state index in [0.29, 0.717) is 22.4 Å². The van der Waals surface area contributed by atoms with Crippen molar-refractivity contribution in [2.45, 2.75) is 27.7 Å². The normalized spacial score (nSPS) is 22.4. The summed E-state index contributed by atoms with van der Waals surface area (Å²) in [6.07, 6.45) is 2.18. The smallest absolute Gasteiger partial charge is 0.228 e. The highest BCUT2D eigenvalue weighted by Crippen LogP contribution is 2.59. The van der Waals surface area contributed by atoms with Crippen molar-refractivity contribution in [3.63, 3.8) is 0 Å². The number of nitrogens with one attached hydrogen (secondary N) is 1. The lowest BCUT2D eigenvalue weighted by Gasteiger charge is -2.09. The molecule has 1 aliphatic rings. The van der Waals surface area contributed by atoms with Crippen LogP contribution in [-0.4, -0.2) is 13.0 Å². The first-order chi connectivity index (χ1) is 9.77. The van der Waals surface area contributed by atoms with Crippen LogP contribution in [0.25, 0.3) is 0 Å². The SMILES string of the molecule is COc1ccc(NC(=O)C2C(C=C(C)C)C2(C)C)c(Cl)c1. The number of rotatable bonds is 4. The average Bonchev–Trinajstić information content (AvgIpc) is 2.92. The molecule has 2 unspecified atom stereocenters. The minimum absolute atomic E-state index is 0.000298. The van der Waals surface area contributed by atoms with Gasteiger partial charge in [-0.3, -0.25) is 4.79 Å². The first-order valence-electron chi connectivity index (χ1n) is 7.06. The Bertz CT molecular complexity index is 588. The number of benzene rings is 1. The predicted octanol–water partition coefficient (Wildman–Crippen LogP) is 4.53. The highest BCUT2D eigenvalue weighted by molar-refractivity contribution is 6.33. The Morgan fingerprint density at radius 1 is 1.38 bits per heavy atom. The zero-order valence-corrected chi connectivity index (χ0v) is 13.9. The van der Waals surface area contributed by atoms with Crippen molar-refractivity contribution >= 4 is 23.2 Å². The Kier molecular flexibility index (Phi) is 4.33. The number of ether oxygens (including phenoxy) is 1. The van der Waals surface area contributed by atoms with E-state index < -0.39 is 0 Å². The molecule has 1 aromatic rings. The summed E-state index contributed by atoms with van der Waals surface area (Å²) in [5.41, 5.74) is 1.87. The third-order valence-electron chi connectivity index (χ3n) is 4.14. The van der Waals surface area contributed by atoms with E-state index >= 15 is 0 Å². The minimum atomic E-state index is -0.00873. The van der Waals surface area contributed by atoms with Crippen LogP contribution in [0.2, 0.25) is 5.02 Å². The lowest BCUT2D eigenvalue weighted by Crippen LogP contribution is -2.17. The topological polar surface area (TPSA) is 38.3 Å². The maximum Gasteiger partial charge on any atom is 0.228 e. The minimum Gasteiger partial charge on any atom is -0.497 e. The van der Waals surface area contributed by atoms with Crippen LogP contribution in [0.5, 0.6) is 5.75 Å². The monoisotopic (exact) mass is 307 g/mol. The van der Waals surface area contributed by atoms with Crippen LogP contribution in [0.4, 0.5) is 5.69 Å². The molecule has 1 fully saturated rings. The number of methoxy groups -OCH3 is 1. The van der Waals surface area contributed by atoms with E-state index in [9.17, 15) is 4.79 Å². The summed E-state index contributed by atoms with van der Waals surface area (Å²) in [4.78, 5) is 12.5. The van der Waals surface area contributed by atoms with Gasteiger partial charge in [0.15, 0.2) is 0 Å². The second-order valence-electron chi connectivity index (χ2n) is 6.40. The van der Waals surface area contributed by atoms with Crippen LogP contribution in [0.1, 0.15) is 27.7 Å². The van der Waals surface area contributed by atoms with Crippen molar-refractivity contribution in [3.05, 3.63) is 34.9 Å². The van der Waals surface area contributed by atoms with E-state index in [1.165, 1.54) is 5.57 Å². The number of hydrogen-bond acceptors (Lipinski definition) is 2. The summed E-state index contributed by atoms with van der Waals surface area (Å²) in [7, 11) is 1.58. The Morgan fingerprint density at radius 2 is 2.05 bits per heavy atom. The first-order valence-corrected chi connectivity index (χ1v) is 7.44. The Labute approximate surface area is 131 Å². The Balaban J connectivity index is 2.11. The lowest BCUT2D eigenvalue weighted by atomic mass is 10.1. The maximum absolute atomic E-state index is 12.5. The Hall–Kier alpha value is -1.48. The van der Waals surface area contributed by atoms with Gasteiger partial charge in [-0.2, -0.15) is 0 Å². The van der Waals surface area contributed by atoms with Crippen molar-refractivity contribution in [2.75, 3.05) is 12.4 Å². The molecule has 0 spiro atoms. The van der Waals surface area contributed by atoms with Gasteiger partial charge in [-0.25, -0.2) is 0 Å². The largest absolute Gasteiger partial charge is 0.497 e. The summed E-state index contributed by atoms with van der Waals surface area (Å²) in [6.45, 7) is 8.36. The van der Waals surface area contributed by atoms with E-state index in [0.717, 1.165) is 0 Å². The number of carbonyl (C=O) groups is 1. The van der Waals surface area contributed by atoms with Crippen LogP contribution in [-0.2, 0) is 4.79 Å². The molecule has 1 aromatic carbocycles. The highest BCUT2D eigenvalue weighted by Gasteiger charge is 2.60. The fourth-order valence-corrected chi connectivity index (χ4v) is 3.00. The van der Waals surface area contributed by atoms with Gasteiger partial charge in [0.2, 0.25) is 5.91 Å². The third-order valence-corrected chi connectivity index (χ3v) is 4.45. The molecule has 0 heterocycles. The van der Waals surface area contributed by atoms with Crippen molar-refractivity contribution < 1.29 is 9.53 Å². The van der Waals surface area contributed by atoms with Gasteiger partial charge >= 0.3 is 0 Å². The Morgan fingerprint density at radius 3 is 2.57 bits per heavy atom. The molecule has 114 valence electrons. The van der Waals surface area contributed by atoms with Crippen LogP contribution in [0.15, 0.2) is 29.8 Å². The van der Waals surface area contributed by atoms with Crippen LogP contribution in [0.3, 0.4) is 0 Å². The van der Waals surface area contributed by atoms with Gasteiger partial charge in [0.05, 0.1) is 23.7 Å². The molecular weight excluding hydrogens is 286 g/mol. The lowest BCUT2D eigenvalue weighted by molar-refractivity contribution is -0.118. The molecule has 2 atom stereocenters. The molecule has 2 rings (SSSR count). The summed E-state index contributed by atoms with van der Waals surface area (Å²) in [5.74, 6) is 0.979. The van der Waals surface area contributed by atoms with Gasteiger partial charge in [-0.1, -0.05) is 37.1 Å². The zero-order valence-electron chi connectivity index (χ0n) is 13.2. The number of hydrogen-bond donors (Lipinski definition) is 1. The van der Waals surface area contributed by atoms with E-state index in [1.807, 2.05) is 0 Å². The van der Waals surface area contributed by atoms with Crippen molar-refractivity contribution in [2.24, 2.45) is 17.3 Å². The zero-order chi connectivity index (χ0) is 15.8. The molecule has 3 nitrogen and oxygen atoms in total. The first kappa shape index (κ1) is 15.9. The standard InChI is InChI=1S/C17H22ClNO2/c1-10(2)8-12-15(17(12,3)4)16(20)19-14-7-6-11(21-5)9-13(14)18/h6-9,12,15H,1-5H3,(H,19,20). The van der Waals surface area contributed by atoms with E-state index in [1.54, 1.807) is 25.3 Å². The second kappa shape index (κ2) is 5.72. The van der Waals surface area contributed by atoms with E-state index in [4.69, 9.17) is 16.3 Å². The molecule has 1 N–H and O–H groups in total. The van der Waals surface area contributed by atoms with Gasteiger partial charge in [0.1, 0.15) is 5.75 Å². The molecule has 1 amide bonds. The van der Waals surface area contributed by atoms with Gasteiger partial charge < -0.3 is 10.1 Å². The fourth-order valence-electron chi connectivity index (χ4n) is 2.78. The molecule has 1 aliphatic carbocycles. The quantitative estimate of drug-likeness (QED) is 0.830. The number of carbonyl (C=O) groups excluding carboxylic acids is 1. The molecule has 4 heteroatoms. The molecule has 0 aliphatic heterocycles. The third kappa shape index (κ3) is 3.24. The second-order valence-corrected chi connectivity index (χ2v) is 6.81. The van der Waals surface area contributed by atoms with E-state index in [-0.39, 0.29) is 17.2 Å². The van der Waals surface area contributed by atoms with Gasteiger partial charge in [0, 0.05) is 6.07 Å². The molecule has 21 heavy (non-hydrogen) atoms. The molecule has 1 saturated carbocycles. The van der Waals surface area contributed by atoms with Crippen LogP contribution in [0, 0.1) is 17.3 Å². The number of allylic oxidation sites excluding steroid dienone is 2. The summed E-state index contributed by atoms with van der Waals surface area (Å²) in [5, 5.41) is 3.41. The summed E-state index contributed by atoms with van der Waals surface area (Å²) >= 11 is 6.16. The average molecular weight is 308 g/mol. The van der Waals surface area contributed by atoms with Crippen LogP contribution >= 0.6 is 11.6 Å². The molecular formula is C17H22ClNO2. The van der Waals surface area contributed by atoms with Gasteiger partial charge in [-0.05, 0) is 37.3 Å². The predicted molar refractivity (Wildman–Crippen MR) is 86.8 cm³/mol. The number of halogens is 1. The molecule has 0 bridgehead atoms. The van der Waals surface area contributed by atoms with E-state index in [2.05, 4.69) is 39.1 Å². The number of amides is 1. The molecule has 0 aromatic heterocycles. The van der Waals surface area contributed by atoms with Gasteiger partial charge in [0.25, 0.3) is 0 Å². The van der Waals surface area contributed by atoms with Crippen LogP contribution < -0.4 is 10.1 Å². The van der Waals surface area contributed by atoms with Crippen molar-refractivity contribution in [3.8, 4) is 5.75 Å². The van der Waals surface area contributed by atoms with Crippen molar-refractivity contribution in [1.82, 2.24) is 0 Å². The fraction of sp³-hybridized carbons (Fsp3) is 0.471. The summed E-state index contributed by atoms with van der Waals surface area (Å²) in [6, 6.07) is 5.25. The number of anilines is 1. The molecule has 0 saturated heterocycles. The summed E-state index contributed by atoms with van der Waals surface area (Å²) < 4.78 is 5.10. The van der Waals surface area contributed by atoms with Gasteiger partial charge in [-0.15, -0.1) is 0 Å².